The number of nitrogens with one attached hydrogen (secondary N) is 1. The first-order valence-electron chi connectivity index (χ1n) is 9.33. The highest BCUT2D eigenvalue weighted by atomic mass is 32.2. The Morgan fingerprint density at radius 1 is 1.21 bits per heavy atom. The Bertz CT molecular complexity index is 961. The number of rotatable bonds is 5. The summed E-state index contributed by atoms with van der Waals surface area (Å²) in [6.45, 7) is 2.53. The third kappa shape index (κ3) is 3.92. The zero-order valence-electron chi connectivity index (χ0n) is 15.9. The second-order valence-electron chi connectivity index (χ2n) is 7.21. The molecule has 0 spiro atoms. The number of pyridine rings is 1. The number of fused-ring (bicyclic) bond motifs is 1. The Morgan fingerprint density at radius 2 is 2.00 bits per heavy atom. The number of aromatic nitrogens is 3. The summed E-state index contributed by atoms with van der Waals surface area (Å²) >= 11 is 1.72. The van der Waals surface area contributed by atoms with Gasteiger partial charge in [-0.3, -0.25) is 4.68 Å². The molecule has 0 atom stereocenters. The van der Waals surface area contributed by atoms with Crippen LogP contribution in [0.4, 0.5) is 20.3 Å². The number of benzene rings is 1. The number of hydrogen-bond donors (Lipinski definition) is 1. The highest BCUT2D eigenvalue weighted by Crippen LogP contribution is 2.32. The van der Waals surface area contributed by atoms with Crippen molar-refractivity contribution in [2.45, 2.75) is 30.9 Å². The summed E-state index contributed by atoms with van der Waals surface area (Å²) in [4.78, 5) is 6.38. The zero-order valence-corrected chi connectivity index (χ0v) is 16.7. The van der Waals surface area contributed by atoms with Gasteiger partial charge in [-0.05, 0) is 43.0 Å². The number of alkyl halides is 2. The fourth-order valence-corrected chi connectivity index (χ4v) is 4.43. The van der Waals surface area contributed by atoms with E-state index in [1.807, 2.05) is 24.0 Å². The fraction of sp³-hybridized carbons (Fsp3) is 0.400. The van der Waals surface area contributed by atoms with Crippen LogP contribution in [0.15, 0.2) is 42.7 Å². The van der Waals surface area contributed by atoms with E-state index in [4.69, 9.17) is 0 Å². The molecule has 1 aliphatic heterocycles. The molecule has 1 aromatic carbocycles. The first kappa shape index (κ1) is 19.0. The topological polar surface area (TPSA) is 46.0 Å². The van der Waals surface area contributed by atoms with E-state index in [2.05, 4.69) is 31.8 Å². The minimum absolute atomic E-state index is 0.0138. The third-order valence-electron chi connectivity index (χ3n) is 5.11. The van der Waals surface area contributed by atoms with Crippen molar-refractivity contribution in [3.8, 4) is 0 Å². The molecule has 148 valence electrons. The van der Waals surface area contributed by atoms with Crippen LogP contribution in [0.3, 0.4) is 0 Å². The second kappa shape index (κ2) is 7.58. The molecular formula is C20H23F2N5S. The van der Waals surface area contributed by atoms with Crippen LogP contribution in [0.2, 0.25) is 0 Å². The lowest BCUT2D eigenvalue weighted by molar-refractivity contribution is 0.0174. The molecule has 1 saturated heterocycles. The molecule has 1 fully saturated rings. The van der Waals surface area contributed by atoms with Gasteiger partial charge in [-0.2, -0.15) is 5.10 Å². The fourth-order valence-electron chi connectivity index (χ4n) is 3.53. The molecule has 0 aliphatic carbocycles. The highest BCUT2D eigenvalue weighted by Gasteiger charge is 2.27. The van der Waals surface area contributed by atoms with Gasteiger partial charge in [0.2, 0.25) is 0 Å². The number of halogens is 2. The van der Waals surface area contributed by atoms with E-state index >= 15 is 0 Å². The Morgan fingerprint density at radius 3 is 2.75 bits per heavy atom. The van der Waals surface area contributed by atoms with Crippen LogP contribution >= 0.6 is 11.9 Å². The molecule has 4 rings (SSSR count). The lowest BCUT2D eigenvalue weighted by Crippen LogP contribution is -2.35. The Hall–Kier alpha value is -2.35. The summed E-state index contributed by atoms with van der Waals surface area (Å²) in [5, 5.41) is 5.89. The Balaban J connectivity index is 1.36. The van der Waals surface area contributed by atoms with E-state index in [0.29, 0.717) is 11.1 Å². The average Bonchev–Trinajstić information content (AvgIpc) is 3.08. The summed E-state index contributed by atoms with van der Waals surface area (Å²) in [5.41, 5.74) is 2.17. The van der Waals surface area contributed by atoms with Gasteiger partial charge < -0.3 is 9.62 Å². The molecule has 2 aromatic heterocycles. The van der Waals surface area contributed by atoms with Gasteiger partial charge in [-0.1, -0.05) is 12.1 Å². The SMILES string of the molecule is Cn1ncc2cccc(NSC3CCN(c4cc(C(C)(F)F)ccn4)CC3)c21. The maximum atomic E-state index is 13.6. The Kier molecular flexibility index (Phi) is 5.14. The van der Waals surface area contributed by atoms with Crippen molar-refractivity contribution in [3.63, 3.8) is 0 Å². The highest BCUT2D eigenvalue weighted by molar-refractivity contribution is 8.01. The van der Waals surface area contributed by atoms with Gasteiger partial charge in [-0.15, -0.1) is 0 Å². The number of piperidine rings is 1. The van der Waals surface area contributed by atoms with Crippen molar-refractivity contribution in [3.05, 3.63) is 48.3 Å². The van der Waals surface area contributed by atoms with E-state index < -0.39 is 5.92 Å². The Labute approximate surface area is 167 Å². The van der Waals surface area contributed by atoms with Crippen molar-refractivity contribution < 1.29 is 8.78 Å². The number of hydrogen-bond acceptors (Lipinski definition) is 5. The molecule has 0 unspecified atom stereocenters. The molecule has 0 radical (unpaired) electrons. The lowest BCUT2D eigenvalue weighted by atomic mass is 10.1. The molecule has 3 heterocycles. The molecular weight excluding hydrogens is 380 g/mol. The smallest absolute Gasteiger partial charge is 0.270 e. The van der Waals surface area contributed by atoms with Gasteiger partial charge in [-0.25, -0.2) is 13.8 Å². The zero-order chi connectivity index (χ0) is 19.7. The summed E-state index contributed by atoms with van der Waals surface area (Å²) < 4.78 is 32.5. The van der Waals surface area contributed by atoms with E-state index in [1.54, 1.807) is 11.9 Å². The molecule has 0 bridgehead atoms. The van der Waals surface area contributed by atoms with Gasteiger partial charge in [0.05, 0.1) is 17.4 Å². The average molecular weight is 404 g/mol. The van der Waals surface area contributed by atoms with Gasteiger partial charge in [0.15, 0.2) is 0 Å². The standard InChI is InChI=1S/C20H23F2N5S/c1-20(21,22)15-6-9-23-18(12-15)27-10-7-16(8-11-27)28-25-17-5-3-4-14-13-24-26(2)19(14)17/h3-6,9,12-13,16,25H,7-8,10-11H2,1-2H3. The van der Waals surface area contributed by atoms with Crippen LogP contribution in [0, 0.1) is 0 Å². The van der Waals surface area contributed by atoms with E-state index in [0.717, 1.165) is 49.4 Å². The largest absolute Gasteiger partial charge is 0.357 e. The van der Waals surface area contributed by atoms with Crippen LogP contribution < -0.4 is 9.62 Å². The predicted molar refractivity (Wildman–Crippen MR) is 111 cm³/mol. The van der Waals surface area contributed by atoms with Crippen molar-refractivity contribution in [1.29, 1.82) is 0 Å². The summed E-state index contributed by atoms with van der Waals surface area (Å²) in [7, 11) is 1.94. The normalized spacial score (nSPS) is 15.9. The van der Waals surface area contributed by atoms with Crippen LogP contribution in [-0.4, -0.2) is 33.1 Å². The first-order chi connectivity index (χ1) is 13.4. The molecule has 28 heavy (non-hydrogen) atoms. The number of aryl methyl sites for hydroxylation is 1. The van der Waals surface area contributed by atoms with Crippen LogP contribution in [0.5, 0.6) is 0 Å². The predicted octanol–water partition coefficient (Wildman–Crippen LogP) is 4.81. The third-order valence-corrected chi connectivity index (χ3v) is 6.26. The molecule has 1 N–H and O–H groups in total. The van der Waals surface area contributed by atoms with Crippen molar-refractivity contribution in [2.75, 3.05) is 22.7 Å². The minimum Gasteiger partial charge on any atom is -0.357 e. The van der Waals surface area contributed by atoms with Crippen LogP contribution in [0.1, 0.15) is 25.3 Å². The first-order valence-corrected chi connectivity index (χ1v) is 10.2. The second-order valence-corrected chi connectivity index (χ2v) is 8.32. The molecule has 3 aromatic rings. The molecule has 0 amide bonds. The number of para-hydroxylation sites is 1. The lowest BCUT2D eigenvalue weighted by Gasteiger charge is -2.32. The van der Waals surface area contributed by atoms with Gasteiger partial charge in [0.25, 0.3) is 5.92 Å². The summed E-state index contributed by atoms with van der Waals surface area (Å²) in [5.74, 6) is -2.21. The van der Waals surface area contributed by atoms with Crippen LogP contribution in [0.25, 0.3) is 10.9 Å². The monoisotopic (exact) mass is 403 g/mol. The van der Waals surface area contributed by atoms with Gasteiger partial charge in [0.1, 0.15) is 5.82 Å². The van der Waals surface area contributed by atoms with Crippen molar-refractivity contribution in [2.24, 2.45) is 7.05 Å². The summed E-state index contributed by atoms with van der Waals surface area (Å²) in [6.07, 6.45) is 5.27. The van der Waals surface area contributed by atoms with Gasteiger partial charge >= 0.3 is 0 Å². The van der Waals surface area contributed by atoms with E-state index in [-0.39, 0.29) is 5.56 Å². The molecule has 8 heteroatoms. The summed E-state index contributed by atoms with van der Waals surface area (Å²) in [6, 6.07) is 9.03. The molecule has 1 aliphatic rings. The number of nitrogens with zero attached hydrogens (tertiary/aromatic N) is 4. The van der Waals surface area contributed by atoms with Gasteiger partial charge in [0, 0.05) is 49.5 Å². The minimum atomic E-state index is -2.84. The molecule has 0 saturated carbocycles. The van der Waals surface area contributed by atoms with Crippen molar-refractivity contribution >= 4 is 34.4 Å². The number of anilines is 2. The molecule has 5 nitrogen and oxygen atoms in total. The maximum Gasteiger partial charge on any atom is 0.270 e. The van der Waals surface area contributed by atoms with Crippen LogP contribution in [-0.2, 0) is 13.0 Å². The maximum absolute atomic E-state index is 13.6. The van der Waals surface area contributed by atoms with Crippen molar-refractivity contribution in [1.82, 2.24) is 14.8 Å². The quantitative estimate of drug-likeness (QED) is 0.620. The van der Waals surface area contributed by atoms with E-state index in [9.17, 15) is 8.78 Å². The van der Waals surface area contributed by atoms with E-state index in [1.165, 1.54) is 18.3 Å².